The van der Waals surface area contributed by atoms with E-state index in [1.807, 2.05) is 44.2 Å². The van der Waals surface area contributed by atoms with E-state index in [1.165, 1.54) is 0 Å². The van der Waals surface area contributed by atoms with E-state index in [9.17, 15) is 0 Å². The lowest BCUT2D eigenvalue weighted by Gasteiger charge is -2.11. The molecule has 2 aromatic rings. The molecule has 106 valence electrons. The summed E-state index contributed by atoms with van der Waals surface area (Å²) in [6, 6.07) is 9.86. The monoisotopic (exact) mass is 271 g/mol. The van der Waals surface area contributed by atoms with Crippen molar-refractivity contribution < 1.29 is 4.74 Å². The molecule has 20 heavy (non-hydrogen) atoms. The van der Waals surface area contributed by atoms with Gasteiger partial charge in [0.15, 0.2) is 0 Å². The molecule has 0 radical (unpaired) electrons. The summed E-state index contributed by atoms with van der Waals surface area (Å²) >= 11 is 0. The lowest BCUT2D eigenvalue weighted by atomic mass is 10.1. The van der Waals surface area contributed by atoms with Crippen LogP contribution in [0.2, 0.25) is 0 Å². The van der Waals surface area contributed by atoms with E-state index >= 15 is 0 Å². The van der Waals surface area contributed by atoms with E-state index in [2.05, 4.69) is 23.8 Å². The maximum Gasteiger partial charge on any atom is 0.220 e. The zero-order chi connectivity index (χ0) is 14.7. The summed E-state index contributed by atoms with van der Waals surface area (Å²) in [6.07, 6.45) is 0.170. The summed E-state index contributed by atoms with van der Waals surface area (Å²) in [5.74, 6) is 1.49. The number of nitrogens with zero attached hydrogens (tertiary/aromatic N) is 2. The fraction of sp³-hybridized carbons (Fsp3) is 0.375. The largest absolute Gasteiger partial charge is 0.491 e. The second-order valence-electron chi connectivity index (χ2n) is 5.38. The van der Waals surface area contributed by atoms with E-state index in [0.29, 0.717) is 11.9 Å². The third-order valence-electron chi connectivity index (χ3n) is 2.88. The molecule has 1 aromatic heterocycles. The Labute approximate surface area is 120 Å². The Bertz CT molecular complexity index is 577. The number of anilines is 1. The molecule has 0 atom stereocenters. The average Bonchev–Trinajstić information content (AvgIpc) is 2.38. The van der Waals surface area contributed by atoms with Crippen LogP contribution < -0.4 is 10.5 Å². The minimum Gasteiger partial charge on any atom is -0.491 e. The van der Waals surface area contributed by atoms with Crippen molar-refractivity contribution in [1.82, 2.24) is 9.97 Å². The minimum absolute atomic E-state index is 0.170. The number of benzene rings is 1. The molecule has 1 heterocycles. The number of hydrogen-bond acceptors (Lipinski definition) is 4. The fourth-order valence-corrected chi connectivity index (χ4v) is 1.91. The number of aromatic nitrogens is 2. The third kappa shape index (κ3) is 3.47. The van der Waals surface area contributed by atoms with Crippen molar-refractivity contribution in [3.8, 4) is 17.0 Å². The van der Waals surface area contributed by atoms with E-state index in [4.69, 9.17) is 10.5 Å². The van der Waals surface area contributed by atoms with Crippen LogP contribution in [0.4, 0.5) is 5.95 Å². The topological polar surface area (TPSA) is 61.0 Å². The predicted octanol–water partition coefficient (Wildman–Crippen LogP) is 3.64. The molecule has 2 rings (SSSR count). The van der Waals surface area contributed by atoms with Gasteiger partial charge in [-0.1, -0.05) is 13.8 Å². The Kier molecular flexibility index (Phi) is 4.23. The Morgan fingerprint density at radius 2 is 1.65 bits per heavy atom. The number of nitrogens with two attached hydrogens (primary N) is 1. The van der Waals surface area contributed by atoms with E-state index in [1.54, 1.807) is 0 Å². The van der Waals surface area contributed by atoms with Crippen molar-refractivity contribution in [2.45, 2.75) is 39.7 Å². The highest BCUT2D eigenvalue weighted by molar-refractivity contribution is 5.61. The van der Waals surface area contributed by atoms with E-state index in [-0.39, 0.29) is 6.10 Å². The summed E-state index contributed by atoms with van der Waals surface area (Å²) in [5.41, 5.74) is 8.59. The number of nitrogen functional groups attached to an aromatic ring is 1. The first kappa shape index (κ1) is 14.3. The smallest absolute Gasteiger partial charge is 0.220 e. The fourth-order valence-electron chi connectivity index (χ4n) is 1.91. The molecule has 4 nitrogen and oxygen atoms in total. The normalized spacial score (nSPS) is 11.1. The van der Waals surface area contributed by atoms with Crippen LogP contribution in [-0.4, -0.2) is 16.1 Å². The Morgan fingerprint density at radius 1 is 1.00 bits per heavy atom. The first-order valence-corrected chi connectivity index (χ1v) is 6.87. The maximum atomic E-state index is 5.78. The van der Waals surface area contributed by atoms with Crippen LogP contribution in [0.3, 0.4) is 0 Å². The molecule has 4 heteroatoms. The van der Waals surface area contributed by atoms with Crippen LogP contribution in [-0.2, 0) is 0 Å². The maximum absolute atomic E-state index is 5.78. The molecule has 0 fully saturated rings. The summed E-state index contributed by atoms with van der Waals surface area (Å²) in [4.78, 5) is 8.56. The lowest BCUT2D eigenvalue weighted by Crippen LogP contribution is -2.05. The van der Waals surface area contributed by atoms with Gasteiger partial charge in [0.05, 0.1) is 11.8 Å². The van der Waals surface area contributed by atoms with Crippen LogP contribution in [0.25, 0.3) is 11.3 Å². The summed E-state index contributed by atoms with van der Waals surface area (Å²) in [6.45, 7) is 8.19. The molecular weight excluding hydrogens is 250 g/mol. The number of ether oxygens (including phenoxy) is 1. The number of rotatable bonds is 4. The van der Waals surface area contributed by atoms with Crippen LogP contribution >= 0.6 is 0 Å². The highest BCUT2D eigenvalue weighted by Crippen LogP contribution is 2.24. The van der Waals surface area contributed by atoms with Gasteiger partial charge in [-0.2, -0.15) is 0 Å². The highest BCUT2D eigenvalue weighted by atomic mass is 16.5. The Hall–Kier alpha value is -2.10. The SMILES string of the molecule is CC(C)Oc1ccc(-c2cc(C(C)C)nc(N)n2)cc1. The van der Waals surface area contributed by atoms with Crippen molar-refractivity contribution in [2.24, 2.45) is 0 Å². The van der Waals surface area contributed by atoms with E-state index in [0.717, 1.165) is 22.7 Å². The van der Waals surface area contributed by atoms with Crippen molar-refractivity contribution in [3.63, 3.8) is 0 Å². The minimum atomic E-state index is 0.170. The molecular formula is C16H21N3O. The van der Waals surface area contributed by atoms with Gasteiger partial charge in [0, 0.05) is 11.3 Å². The molecule has 0 bridgehead atoms. The highest BCUT2D eigenvalue weighted by Gasteiger charge is 2.08. The van der Waals surface area contributed by atoms with Gasteiger partial charge in [-0.15, -0.1) is 0 Å². The van der Waals surface area contributed by atoms with Crippen molar-refractivity contribution in [2.75, 3.05) is 5.73 Å². The van der Waals surface area contributed by atoms with Gasteiger partial charge in [-0.3, -0.25) is 0 Å². The van der Waals surface area contributed by atoms with Gasteiger partial charge in [0.1, 0.15) is 5.75 Å². The van der Waals surface area contributed by atoms with Crippen molar-refractivity contribution in [3.05, 3.63) is 36.0 Å². The first-order valence-electron chi connectivity index (χ1n) is 6.87. The average molecular weight is 271 g/mol. The quantitative estimate of drug-likeness (QED) is 0.922. The van der Waals surface area contributed by atoms with Gasteiger partial charge in [-0.25, -0.2) is 9.97 Å². The Balaban J connectivity index is 2.31. The zero-order valence-electron chi connectivity index (χ0n) is 12.4. The predicted molar refractivity (Wildman–Crippen MR) is 81.7 cm³/mol. The van der Waals surface area contributed by atoms with Crippen LogP contribution in [0.1, 0.15) is 39.3 Å². The molecule has 0 saturated carbocycles. The molecule has 0 saturated heterocycles. The second-order valence-corrected chi connectivity index (χ2v) is 5.38. The van der Waals surface area contributed by atoms with Gasteiger partial charge in [0.2, 0.25) is 5.95 Å². The van der Waals surface area contributed by atoms with Crippen LogP contribution in [0.15, 0.2) is 30.3 Å². The van der Waals surface area contributed by atoms with Crippen LogP contribution in [0, 0.1) is 0 Å². The van der Waals surface area contributed by atoms with E-state index < -0.39 is 0 Å². The Morgan fingerprint density at radius 3 is 2.20 bits per heavy atom. The van der Waals surface area contributed by atoms with Gasteiger partial charge >= 0.3 is 0 Å². The first-order chi connectivity index (χ1) is 9.45. The molecule has 0 aliphatic rings. The lowest BCUT2D eigenvalue weighted by molar-refractivity contribution is 0.242. The molecule has 0 spiro atoms. The molecule has 1 aromatic carbocycles. The summed E-state index contributed by atoms with van der Waals surface area (Å²) in [7, 11) is 0. The van der Waals surface area contributed by atoms with Crippen molar-refractivity contribution >= 4 is 5.95 Å². The molecule has 2 N–H and O–H groups in total. The summed E-state index contributed by atoms with van der Waals surface area (Å²) in [5, 5.41) is 0. The molecule has 0 aliphatic carbocycles. The standard InChI is InChI=1S/C16H21N3O/c1-10(2)14-9-15(19-16(17)18-14)12-5-7-13(8-6-12)20-11(3)4/h5-11H,1-4H3,(H2,17,18,19). The van der Waals surface area contributed by atoms with Gasteiger partial charge < -0.3 is 10.5 Å². The second kappa shape index (κ2) is 5.90. The van der Waals surface area contributed by atoms with Crippen LogP contribution in [0.5, 0.6) is 5.75 Å². The van der Waals surface area contributed by atoms with Crippen molar-refractivity contribution in [1.29, 1.82) is 0 Å². The number of hydrogen-bond donors (Lipinski definition) is 1. The van der Waals surface area contributed by atoms with Gasteiger partial charge in [0.25, 0.3) is 0 Å². The third-order valence-corrected chi connectivity index (χ3v) is 2.88. The molecule has 0 unspecified atom stereocenters. The summed E-state index contributed by atoms with van der Waals surface area (Å²) < 4.78 is 5.63. The zero-order valence-corrected chi connectivity index (χ0v) is 12.4. The molecule has 0 aliphatic heterocycles. The van der Waals surface area contributed by atoms with Gasteiger partial charge in [-0.05, 0) is 50.1 Å². The molecule has 0 amide bonds.